The summed E-state index contributed by atoms with van der Waals surface area (Å²) in [4.78, 5) is 36.5. The smallest absolute Gasteiger partial charge is 0.234 e. The Hall–Kier alpha value is -3.23. The van der Waals surface area contributed by atoms with Crippen LogP contribution in [0.25, 0.3) is 21.3 Å². The number of carbonyl (C=O) groups is 2. The van der Waals surface area contributed by atoms with Crippen LogP contribution in [0.1, 0.15) is 12.8 Å². The van der Waals surface area contributed by atoms with Crippen LogP contribution in [0.4, 0.5) is 11.4 Å². The Morgan fingerprint density at radius 3 is 2.72 bits per heavy atom. The van der Waals surface area contributed by atoms with Crippen LogP contribution in [0.3, 0.4) is 0 Å². The van der Waals surface area contributed by atoms with Crippen molar-refractivity contribution in [2.24, 2.45) is 0 Å². The fourth-order valence-electron chi connectivity index (χ4n) is 3.83. The van der Waals surface area contributed by atoms with Gasteiger partial charge in [0, 0.05) is 23.9 Å². The molecule has 1 fully saturated rings. The Kier molecular flexibility index (Phi) is 5.87. The summed E-state index contributed by atoms with van der Waals surface area (Å²) in [6.45, 7) is 0.680. The molecule has 160 valence electrons. The number of aromatic nitrogens is 2. The number of para-hydroxylation sites is 2. The second kappa shape index (κ2) is 9.10. The number of thiophene rings is 1. The van der Waals surface area contributed by atoms with Crippen LogP contribution >= 0.6 is 23.1 Å². The minimum atomic E-state index is -0.141. The maximum absolute atomic E-state index is 12.8. The number of carbonyl (C=O) groups excluding carboxylic acids is 2. The number of hydrogen-bond acceptors (Lipinski definition) is 6. The molecule has 0 aliphatic carbocycles. The highest BCUT2D eigenvalue weighted by atomic mass is 32.2. The Morgan fingerprint density at radius 2 is 1.91 bits per heavy atom. The van der Waals surface area contributed by atoms with Crippen LogP contribution in [0.15, 0.2) is 71.3 Å². The highest BCUT2D eigenvalue weighted by Gasteiger charge is 2.24. The van der Waals surface area contributed by atoms with Crippen molar-refractivity contribution in [2.45, 2.75) is 17.9 Å². The van der Waals surface area contributed by atoms with Gasteiger partial charge in [-0.2, -0.15) is 0 Å². The normalized spacial score (nSPS) is 13.6. The van der Waals surface area contributed by atoms with Gasteiger partial charge in [0.2, 0.25) is 11.8 Å². The molecule has 5 rings (SSSR count). The van der Waals surface area contributed by atoms with Crippen molar-refractivity contribution in [3.63, 3.8) is 0 Å². The summed E-state index contributed by atoms with van der Waals surface area (Å²) < 4.78 is 0. The number of anilines is 2. The third-order valence-electron chi connectivity index (χ3n) is 5.30. The zero-order valence-corrected chi connectivity index (χ0v) is 18.8. The molecule has 4 aromatic rings. The van der Waals surface area contributed by atoms with Gasteiger partial charge in [0.25, 0.3) is 0 Å². The molecular weight excluding hydrogens is 440 g/mol. The lowest BCUT2D eigenvalue weighted by Crippen LogP contribution is -2.26. The predicted octanol–water partition coefficient (Wildman–Crippen LogP) is 5.22. The molecular formula is C24H20N4O2S2. The number of amides is 2. The third kappa shape index (κ3) is 4.11. The first-order chi connectivity index (χ1) is 15.7. The number of fused-ring (bicyclic) bond motifs is 1. The van der Waals surface area contributed by atoms with E-state index in [1.165, 1.54) is 11.8 Å². The van der Waals surface area contributed by atoms with E-state index in [1.807, 2.05) is 42.5 Å². The maximum Gasteiger partial charge on any atom is 0.234 e. The maximum atomic E-state index is 12.8. The highest BCUT2D eigenvalue weighted by molar-refractivity contribution is 8.00. The molecule has 1 N–H and O–H groups in total. The number of thioether (sulfide) groups is 1. The van der Waals surface area contributed by atoms with E-state index in [2.05, 4.69) is 32.8 Å². The van der Waals surface area contributed by atoms with Crippen LogP contribution in [0, 0.1) is 0 Å². The van der Waals surface area contributed by atoms with Crippen molar-refractivity contribution in [2.75, 3.05) is 22.5 Å². The SMILES string of the molecule is O=C(CSc1ncnc2scc(-c3ccccc3)c12)Nc1ccccc1N1CCCC1=O. The Balaban J connectivity index is 1.35. The zero-order valence-electron chi connectivity index (χ0n) is 17.2. The molecule has 2 aromatic carbocycles. The van der Waals surface area contributed by atoms with E-state index in [4.69, 9.17) is 0 Å². The van der Waals surface area contributed by atoms with Crippen LogP contribution in [-0.4, -0.2) is 34.1 Å². The molecule has 1 aliphatic heterocycles. The molecule has 1 aliphatic rings. The lowest BCUT2D eigenvalue weighted by atomic mass is 10.1. The van der Waals surface area contributed by atoms with Gasteiger partial charge in [-0.25, -0.2) is 9.97 Å². The van der Waals surface area contributed by atoms with E-state index < -0.39 is 0 Å². The van der Waals surface area contributed by atoms with Crippen LogP contribution in [0.5, 0.6) is 0 Å². The number of nitrogens with zero attached hydrogens (tertiary/aromatic N) is 3. The predicted molar refractivity (Wildman–Crippen MR) is 130 cm³/mol. The van der Waals surface area contributed by atoms with E-state index in [1.54, 1.807) is 22.6 Å². The summed E-state index contributed by atoms with van der Waals surface area (Å²) in [5, 5.41) is 6.82. The Labute approximate surface area is 193 Å². The van der Waals surface area contributed by atoms with Gasteiger partial charge < -0.3 is 10.2 Å². The molecule has 2 amide bonds. The summed E-state index contributed by atoms with van der Waals surface area (Å²) in [6.07, 6.45) is 2.93. The lowest BCUT2D eigenvalue weighted by molar-refractivity contribution is -0.117. The molecule has 0 atom stereocenters. The summed E-state index contributed by atoms with van der Waals surface area (Å²) in [6, 6.07) is 17.6. The molecule has 6 nitrogen and oxygen atoms in total. The Bertz CT molecular complexity index is 1290. The number of benzene rings is 2. The minimum Gasteiger partial charge on any atom is -0.324 e. The van der Waals surface area contributed by atoms with Gasteiger partial charge in [-0.1, -0.05) is 54.2 Å². The van der Waals surface area contributed by atoms with Crippen molar-refractivity contribution in [3.05, 3.63) is 66.3 Å². The first-order valence-electron chi connectivity index (χ1n) is 10.3. The van der Waals surface area contributed by atoms with Gasteiger partial charge in [0.1, 0.15) is 16.2 Å². The molecule has 2 aromatic heterocycles. The fourth-order valence-corrected chi connectivity index (χ4v) is 5.62. The average Bonchev–Trinajstić information content (AvgIpc) is 3.45. The van der Waals surface area contributed by atoms with Gasteiger partial charge >= 0.3 is 0 Å². The highest BCUT2D eigenvalue weighted by Crippen LogP contribution is 2.38. The molecule has 1 saturated heterocycles. The molecule has 0 bridgehead atoms. The van der Waals surface area contributed by atoms with Crippen LogP contribution < -0.4 is 10.2 Å². The van der Waals surface area contributed by atoms with Crippen molar-refractivity contribution >= 4 is 56.5 Å². The van der Waals surface area contributed by atoms with Crippen molar-refractivity contribution in [3.8, 4) is 11.1 Å². The largest absolute Gasteiger partial charge is 0.324 e. The van der Waals surface area contributed by atoms with Crippen molar-refractivity contribution in [1.82, 2.24) is 9.97 Å². The van der Waals surface area contributed by atoms with Crippen molar-refractivity contribution < 1.29 is 9.59 Å². The number of nitrogens with one attached hydrogen (secondary N) is 1. The molecule has 3 heterocycles. The first-order valence-corrected chi connectivity index (χ1v) is 12.2. The standard InChI is InChI=1S/C24H20N4O2S2/c29-20(27-18-9-4-5-10-19(18)28-12-6-11-21(28)30)14-32-24-22-17(16-7-2-1-3-8-16)13-31-23(22)25-15-26-24/h1-5,7-10,13,15H,6,11-12,14H2,(H,27,29). The third-order valence-corrected chi connectivity index (χ3v) is 7.18. The van der Waals surface area contributed by atoms with Crippen molar-refractivity contribution in [1.29, 1.82) is 0 Å². The summed E-state index contributed by atoms with van der Waals surface area (Å²) in [5.41, 5.74) is 3.58. The van der Waals surface area contributed by atoms with E-state index in [0.717, 1.165) is 38.5 Å². The molecule has 8 heteroatoms. The van der Waals surface area contributed by atoms with Crippen LogP contribution in [0.2, 0.25) is 0 Å². The zero-order chi connectivity index (χ0) is 21.9. The summed E-state index contributed by atoms with van der Waals surface area (Å²) in [7, 11) is 0. The number of rotatable bonds is 6. The quantitative estimate of drug-likeness (QED) is 0.316. The second-order valence-corrected chi connectivity index (χ2v) is 9.20. The lowest BCUT2D eigenvalue weighted by Gasteiger charge is -2.19. The summed E-state index contributed by atoms with van der Waals surface area (Å²) in [5.74, 6) is 0.158. The van der Waals surface area contributed by atoms with Gasteiger partial charge in [0.15, 0.2) is 0 Å². The molecule has 32 heavy (non-hydrogen) atoms. The molecule has 0 radical (unpaired) electrons. The topological polar surface area (TPSA) is 75.2 Å². The van der Waals surface area contributed by atoms with Gasteiger partial charge in [-0.15, -0.1) is 11.3 Å². The van der Waals surface area contributed by atoms with Gasteiger partial charge in [-0.05, 0) is 24.1 Å². The van der Waals surface area contributed by atoms with E-state index in [9.17, 15) is 9.59 Å². The molecule has 0 spiro atoms. The van der Waals surface area contributed by atoms with E-state index in [-0.39, 0.29) is 17.6 Å². The van der Waals surface area contributed by atoms with Crippen LogP contribution in [-0.2, 0) is 9.59 Å². The first kappa shape index (κ1) is 20.7. The monoisotopic (exact) mass is 460 g/mol. The number of hydrogen-bond donors (Lipinski definition) is 1. The second-order valence-electron chi connectivity index (χ2n) is 7.38. The molecule has 0 unspecified atom stereocenters. The van der Waals surface area contributed by atoms with E-state index >= 15 is 0 Å². The molecule has 0 saturated carbocycles. The summed E-state index contributed by atoms with van der Waals surface area (Å²) >= 11 is 2.97. The Morgan fingerprint density at radius 1 is 1.09 bits per heavy atom. The minimum absolute atomic E-state index is 0.0929. The average molecular weight is 461 g/mol. The van der Waals surface area contributed by atoms with Gasteiger partial charge in [0.05, 0.1) is 22.5 Å². The fraction of sp³-hybridized carbons (Fsp3) is 0.167. The van der Waals surface area contributed by atoms with E-state index in [0.29, 0.717) is 18.7 Å². The van der Waals surface area contributed by atoms with Gasteiger partial charge in [-0.3, -0.25) is 9.59 Å².